The smallest absolute Gasteiger partial charge is 0.287 e. The van der Waals surface area contributed by atoms with Crippen LogP contribution >= 0.6 is 7.82 Å². The molecule has 0 aliphatic heterocycles. The van der Waals surface area contributed by atoms with Crippen LogP contribution in [0.1, 0.15) is 26.7 Å². The quantitative estimate of drug-likeness (QED) is 0.358. The van der Waals surface area contributed by atoms with E-state index in [2.05, 4.69) is 5.92 Å². The summed E-state index contributed by atoms with van der Waals surface area (Å²) in [6.45, 7) is 4.35. The van der Waals surface area contributed by atoms with Crippen LogP contribution in [0, 0.1) is 12.3 Å². The van der Waals surface area contributed by atoms with Gasteiger partial charge >= 0.3 is 7.82 Å². The Bertz CT molecular complexity index is 211. The van der Waals surface area contributed by atoms with Gasteiger partial charge in [0.2, 0.25) is 0 Å². The molecule has 14 heavy (non-hydrogen) atoms. The number of hydrogen-bond acceptors (Lipinski definition) is 4. The van der Waals surface area contributed by atoms with Crippen molar-refractivity contribution in [1.29, 1.82) is 0 Å². The molecule has 0 N–H and O–H groups in total. The highest BCUT2D eigenvalue weighted by Crippen LogP contribution is 2.49. The van der Waals surface area contributed by atoms with Crippen molar-refractivity contribution in [2.45, 2.75) is 26.7 Å². The Kier molecular flexibility index (Phi) is 7.83. The van der Waals surface area contributed by atoms with Crippen molar-refractivity contribution in [3.05, 3.63) is 0 Å². The summed E-state index contributed by atoms with van der Waals surface area (Å²) in [4.78, 5) is 0. The predicted molar refractivity (Wildman–Crippen MR) is 54.9 cm³/mol. The second-order valence-electron chi connectivity index (χ2n) is 2.42. The van der Waals surface area contributed by atoms with Gasteiger partial charge in [-0.2, -0.15) is 0 Å². The minimum Gasteiger partial charge on any atom is -0.287 e. The average molecular weight is 220 g/mol. The van der Waals surface area contributed by atoms with Gasteiger partial charge in [0.05, 0.1) is 19.8 Å². The van der Waals surface area contributed by atoms with Crippen molar-refractivity contribution in [3.63, 3.8) is 0 Å². The first-order valence-electron chi connectivity index (χ1n) is 4.65. The van der Waals surface area contributed by atoms with Gasteiger partial charge in [-0.05, 0) is 20.3 Å². The molecule has 0 heterocycles. The second kappa shape index (κ2) is 8.02. The van der Waals surface area contributed by atoms with E-state index in [1.807, 2.05) is 0 Å². The van der Waals surface area contributed by atoms with Crippen LogP contribution in [-0.2, 0) is 18.1 Å². The van der Waals surface area contributed by atoms with Gasteiger partial charge in [0.25, 0.3) is 0 Å². The molecule has 82 valence electrons. The Labute approximate surface area is 85.5 Å². The SMILES string of the molecule is C#CCCCOP(=O)(OCC)OCC. The number of phosphoric ester groups is 1. The molecule has 0 saturated carbocycles. The van der Waals surface area contributed by atoms with Crippen molar-refractivity contribution in [2.75, 3.05) is 19.8 Å². The van der Waals surface area contributed by atoms with E-state index in [1.54, 1.807) is 13.8 Å². The molecule has 0 aliphatic carbocycles. The molecule has 0 atom stereocenters. The minimum absolute atomic E-state index is 0.293. The summed E-state index contributed by atoms with van der Waals surface area (Å²) in [5, 5.41) is 0. The molecule has 0 aromatic carbocycles. The molecule has 0 rings (SSSR count). The maximum Gasteiger partial charge on any atom is 0.474 e. The summed E-state index contributed by atoms with van der Waals surface area (Å²) in [5.41, 5.74) is 0. The normalized spacial score (nSPS) is 11.2. The van der Waals surface area contributed by atoms with Crippen molar-refractivity contribution in [1.82, 2.24) is 0 Å². The van der Waals surface area contributed by atoms with Crippen LogP contribution in [-0.4, -0.2) is 19.8 Å². The van der Waals surface area contributed by atoms with Gasteiger partial charge in [0.15, 0.2) is 0 Å². The van der Waals surface area contributed by atoms with Crippen molar-refractivity contribution in [3.8, 4) is 12.3 Å². The molecule has 0 spiro atoms. The first kappa shape index (κ1) is 13.7. The molecule has 0 saturated heterocycles. The van der Waals surface area contributed by atoms with E-state index in [-0.39, 0.29) is 0 Å². The van der Waals surface area contributed by atoms with Gasteiger partial charge in [-0.3, -0.25) is 13.6 Å². The molecule has 0 amide bonds. The molecule has 0 aromatic heterocycles. The number of phosphoric acid groups is 1. The first-order chi connectivity index (χ1) is 6.68. The van der Waals surface area contributed by atoms with E-state index in [1.165, 1.54) is 0 Å². The lowest BCUT2D eigenvalue weighted by Gasteiger charge is -2.15. The van der Waals surface area contributed by atoms with Crippen molar-refractivity contribution < 1.29 is 18.1 Å². The third-order valence-electron chi connectivity index (χ3n) is 1.29. The monoisotopic (exact) mass is 220 g/mol. The van der Waals surface area contributed by atoms with E-state index in [0.717, 1.165) is 0 Å². The van der Waals surface area contributed by atoms with E-state index in [9.17, 15) is 4.57 Å². The Morgan fingerprint density at radius 1 is 1.21 bits per heavy atom. The van der Waals surface area contributed by atoms with E-state index in [4.69, 9.17) is 20.0 Å². The fourth-order valence-electron chi connectivity index (χ4n) is 0.779. The van der Waals surface area contributed by atoms with Crippen molar-refractivity contribution >= 4 is 7.82 Å². The molecule has 0 aliphatic rings. The lowest BCUT2D eigenvalue weighted by molar-refractivity contribution is 0.121. The highest BCUT2D eigenvalue weighted by molar-refractivity contribution is 7.48. The molecular formula is C9H17O4P. The van der Waals surface area contributed by atoms with Crippen LogP contribution in [0.15, 0.2) is 0 Å². The topological polar surface area (TPSA) is 44.8 Å². The van der Waals surface area contributed by atoms with Crippen molar-refractivity contribution in [2.24, 2.45) is 0 Å². The lowest BCUT2D eigenvalue weighted by atomic mass is 10.3. The predicted octanol–water partition coefficient (Wildman–Crippen LogP) is 2.60. The maximum absolute atomic E-state index is 11.7. The maximum atomic E-state index is 11.7. The minimum atomic E-state index is -3.33. The van der Waals surface area contributed by atoms with Gasteiger partial charge < -0.3 is 0 Å². The summed E-state index contributed by atoms with van der Waals surface area (Å²) in [6, 6.07) is 0. The largest absolute Gasteiger partial charge is 0.474 e. The Balaban J connectivity index is 3.85. The summed E-state index contributed by atoms with van der Waals surface area (Å²) in [5.74, 6) is 2.47. The Morgan fingerprint density at radius 2 is 1.79 bits per heavy atom. The highest BCUT2D eigenvalue weighted by atomic mass is 31.2. The van der Waals surface area contributed by atoms with Gasteiger partial charge in [-0.15, -0.1) is 12.3 Å². The van der Waals surface area contributed by atoms with E-state index >= 15 is 0 Å². The standard InChI is InChI=1S/C9H17O4P/c1-4-7-8-9-13-14(10,11-5-2)12-6-3/h1H,5-9H2,2-3H3. The van der Waals surface area contributed by atoms with Gasteiger partial charge in [-0.25, -0.2) is 4.57 Å². The zero-order valence-corrected chi connectivity index (χ0v) is 9.59. The number of terminal acetylenes is 1. The van der Waals surface area contributed by atoms with Crippen LogP contribution in [0.25, 0.3) is 0 Å². The van der Waals surface area contributed by atoms with Crippen LogP contribution in [0.3, 0.4) is 0 Å². The molecule has 0 fully saturated rings. The fraction of sp³-hybridized carbons (Fsp3) is 0.778. The van der Waals surface area contributed by atoms with Gasteiger partial charge in [0, 0.05) is 6.42 Å². The lowest BCUT2D eigenvalue weighted by Crippen LogP contribution is -2.01. The molecule has 0 radical (unpaired) electrons. The third-order valence-corrected chi connectivity index (χ3v) is 2.94. The van der Waals surface area contributed by atoms with Crippen LogP contribution in [0.2, 0.25) is 0 Å². The third kappa shape index (κ3) is 6.17. The first-order valence-corrected chi connectivity index (χ1v) is 6.11. The molecule has 0 unspecified atom stereocenters. The average Bonchev–Trinajstić information content (AvgIpc) is 2.13. The van der Waals surface area contributed by atoms with E-state index in [0.29, 0.717) is 32.7 Å². The summed E-state index contributed by atoms with van der Waals surface area (Å²) >= 11 is 0. The summed E-state index contributed by atoms with van der Waals surface area (Å²) in [6.07, 6.45) is 6.31. The molecular weight excluding hydrogens is 203 g/mol. The summed E-state index contributed by atoms with van der Waals surface area (Å²) < 4.78 is 26.5. The number of rotatable bonds is 8. The van der Waals surface area contributed by atoms with E-state index < -0.39 is 7.82 Å². The molecule has 4 nitrogen and oxygen atoms in total. The van der Waals surface area contributed by atoms with Gasteiger partial charge in [0.1, 0.15) is 0 Å². The molecule has 0 bridgehead atoms. The highest BCUT2D eigenvalue weighted by Gasteiger charge is 2.24. The number of unbranched alkanes of at least 4 members (excludes halogenated alkanes) is 1. The molecule has 0 aromatic rings. The summed E-state index contributed by atoms with van der Waals surface area (Å²) in [7, 11) is -3.33. The Hall–Kier alpha value is -0.330. The zero-order valence-electron chi connectivity index (χ0n) is 8.69. The molecule has 5 heteroatoms. The number of hydrogen-bond donors (Lipinski definition) is 0. The second-order valence-corrected chi connectivity index (χ2v) is 4.09. The van der Waals surface area contributed by atoms with Crippen LogP contribution < -0.4 is 0 Å². The fourth-order valence-corrected chi connectivity index (χ4v) is 1.99. The Morgan fingerprint density at radius 3 is 2.21 bits per heavy atom. The van der Waals surface area contributed by atoms with Crippen LogP contribution in [0.4, 0.5) is 0 Å². The van der Waals surface area contributed by atoms with Crippen LogP contribution in [0.5, 0.6) is 0 Å². The van der Waals surface area contributed by atoms with Gasteiger partial charge in [-0.1, -0.05) is 0 Å². The zero-order chi connectivity index (χ0) is 10.9.